The highest BCUT2D eigenvalue weighted by molar-refractivity contribution is 7.83. The van der Waals surface area contributed by atoms with E-state index in [0.29, 0.717) is 36.5 Å². The lowest BCUT2D eigenvalue weighted by Gasteiger charge is -2.66. The molecule has 7 aliphatic rings. The van der Waals surface area contributed by atoms with Crippen LogP contribution in [0.2, 0.25) is 0 Å². The second kappa shape index (κ2) is 30.6. The summed E-state index contributed by atoms with van der Waals surface area (Å²) in [5.41, 5.74) is -6.67. The lowest BCUT2D eigenvalue weighted by molar-refractivity contribution is -0.601. The number of rotatable bonds is 30. The van der Waals surface area contributed by atoms with E-state index in [1.165, 1.54) is 79.5 Å². The van der Waals surface area contributed by atoms with Crippen LogP contribution in [0.15, 0.2) is 144 Å². The van der Waals surface area contributed by atoms with E-state index in [-0.39, 0.29) is 42.7 Å². The molecular weight excluding hydrogens is 1500 g/mol. The van der Waals surface area contributed by atoms with Gasteiger partial charge < -0.3 is 57.8 Å². The van der Waals surface area contributed by atoms with Crippen LogP contribution in [-0.2, 0) is 170 Å². The molecular formula is C54H66N6O36S6. The molecule has 42 nitrogen and oxygen atoms in total. The van der Waals surface area contributed by atoms with Crippen LogP contribution < -0.4 is 0 Å². The summed E-state index contributed by atoms with van der Waals surface area (Å²) >= 11 is 0. The summed E-state index contributed by atoms with van der Waals surface area (Å²) in [6, 6.07) is 0. The van der Waals surface area contributed by atoms with Gasteiger partial charge in [0.25, 0.3) is 0 Å². The van der Waals surface area contributed by atoms with Gasteiger partial charge in [-0.3, -0.25) is 25.1 Å². The Kier molecular flexibility index (Phi) is 24.3. The molecule has 0 N–H and O–H groups in total. The van der Waals surface area contributed by atoms with Crippen molar-refractivity contribution in [1.29, 1.82) is 0 Å². The SMILES string of the molecule is COS(=O)(=O)OC1(OC(=O)C2=CC=CN(C)C2)C(OC(=O)C2=CC=CN(C)C2)(OS(=O)(=O)OC)[C@](OC(=O)C2=CC=CN(C)C2)(OS(=O)(=O)OC)[C@@](OC(=O)C2=CC=CN(C)C2)(OS(=O)(=O)OC)[C@](OC(=O)C2=CC=CN(C)C2)(OS(=O)(=O)OC)[C@]1(OC(=O)C1=CC=CN(C)C1)OS(=O)(=O)OC. The Morgan fingerprint density at radius 3 is 0.471 bits per heavy atom. The molecule has 7 rings (SSSR count). The van der Waals surface area contributed by atoms with Crippen LogP contribution in [-0.4, -0.2) is 275 Å². The molecule has 1 fully saturated rings. The number of esters is 6. The molecule has 0 aromatic carbocycles. The van der Waals surface area contributed by atoms with Crippen molar-refractivity contribution in [3.8, 4) is 0 Å². The summed E-state index contributed by atoms with van der Waals surface area (Å²) in [5.74, 6) is -55.0. The van der Waals surface area contributed by atoms with Gasteiger partial charge in [0, 0.05) is 81.6 Å². The van der Waals surface area contributed by atoms with Crippen LogP contribution in [0.3, 0.4) is 0 Å². The minimum atomic E-state index is -7.23. The van der Waals surface area contributed by atoms with E-state index in [1.54, 1.807) is 0 Å². The van der Waals surface area contributed by atoms with Crippen LogP contribution in [0, 0.1) is 0 Å². The Hall–Kier alpha value is -8.28. The predicted octanol–water partition coefficient (Wildman–Crippen LogP) is -2.80. The molecule has 1 saturated carbocycles. The van der Waals surface area contributed by atoms with Gasteiger partial charge in [-0.05, 0) is 110 Å². The molecule has 6 heterocycles. The second-order valence-electron chi connectivity index (χ2n) is 21.7. The van der Waals surface area contributed by atoms with Gasteiger partial charge in [0.1, 0.15) is 0 Å². The lowest BCUT2D eigenvalue weighted by atomic mass is 9.68. The average Bonchev–Trinajstić information content (AvgIpc) is 0.623. The number of allylic oxidation sites excluding steroid dienone is 12. The molecule has 0 saturated heterocycles. The predicted molar refractivity (Wildman–Crippen MR) is 334 cm³/mol. The summed E-state index contributed by atoms with van der Waals surface area (Å²) < 4.78 is 285. The zero-order chi connectivity index (χ0) is 76.1. The van der Waals surface area contributed by atoms with Crippen LogP contribution in [0.5, 0.6) is 0 Å². The van der Waals surface area contributed by atoms with Gasteiger partial charge in [0.15, 0.2) is 0 Å². The van der Waals surface area contributed by atoms with Crippen molar-refractivity contribution < 1.29 is 158 Å². The normalized spacial score (nSPS) is 26.2. The van der Waals surface area contributed by atoms with Crippen LogP contribution in [0.1, 0.15) is 0 Å². The summed E-state index contributed by atoms with van der Waals surface area (Å²) in [6.07, 6.45) is 16.9. The highest BCUT2D eigenvalue weighted by atomic mass is 32.3. The van der Waals surface area contributed by atoms with Crippen molar-refractivity contribution in [1.82, 2.24) is 29.4 Å². The Balaban J connectivity index is 2.16. The Morgan fingerprint density at radius 2 is 0.373 bits per heavy atom. The van der Waals surface area contributed by atoms with Crippen molar-refractivity contribution in [2.45, 2.75) is 34.7 Å². The van der Waals surface area contributed by atoms with E-state index in [1.807, 2.05) is 0 Å². The molecule has 0 radical (unpaired) electrons. The number of carbonyl (C=O) groups excluding carboxylic acids is 6. The fraction of sp³-hybridized carbons (Fsp3) is 0.444. The molecule has 0 amide bonds. The topological polar surface area (TPSA) is 493 Å². The third-order valence-corrected chi connectivity index (χ3v) is 19.6. The summed E-state index contributed by atoms with van der Waals surface area (Å²) in [5, 5.41) is 0. The molecule has 0 aromatic rings. The number of hydrogen-bond acceptors (Lipinski definition) is 42. The van der Waals surface area contributed by atoms with Crippen molar-refractivity contribution in [3.63, 3.8) is 0 Å². The highest BCUT2D eigenvalue weighted by Crippen LogP contribution is 2.71. The summed E-state index contributed by atoms with van der Waals surface area (Å²) in [4.78, 5) is 104. The van der Waals surface area contributed by atoms with Gasteiger partial charge in [0.05, 0.1) is 76.1 Å². The van der Waals surface area contributed by atoms with E-state index in [9.17, 15) is 0 Å². The quantitative estimate of drug-likeness (QED) is 0.0398. The first kappa shape index (κ1) is 81.0. The van der Waals surface area contributed by atoms with Crippen LogP contribution >= 0.6 is 0 Å². The fourth-order valence-corrected chi connectivity index (χ4v) is 13.6. The molecule has 102 heavy (non-hydrogen) atoms. The monoisotopic (exact) mass is 1570 g/mol. The molecule has 6 aliphatic heterocycles. The van der Waals surface area contributed by atoms with E-state index in [2.05, 4.69) is 25.1 Å². The minimum absolute atomic E-state index is 0.0448. The van der Waals surface area contributed by atoms with E-state index >= 15 is 79.3 Å². The highest BCUT2D eigenvalue weighted by Gasteiger charge is 3.09. The first-order valence-electron chi connectivity index (χ1n) is 28.3. The van der Waals surface area contributed by atoms with E-state index in [4.69, 9.17) is 53.5 Å². The minimum Gasteiger partial charge on any atom is -0.415 e. The molecule has 0 spiro atoms. The van der Waals surface area contributed by atoms with Crippen molar-refractivity contribution >= 4 is 98.2 Å². The molecule has 1 aliphatic carbocycles. The Morgan fingerprint density at radius 1 is 0.255 bits per heavy atom. The largest absolute Gasteiger partial charge is 0.415 e. The Bertz CT molecular complexity index is 3750. The van der Waals surface area contributed by atoms with Crippen LogP contribution in [0.4, 0.5) is 0 Å². The third kappa shape index (κ3) is 16.5. The second-order valence-corrected chi connectivity index (χ2v) is 29.6. The van der Waals surface area contributed by atoms with Gasteiger partial charge in [-0.15, -0.1) is 0 Å². The number of likely N-dealkylation sites (N-methyl/N-ethyl adjacent to an activating group) is 6. The zero-order valence-corrected chi connectivity index (χ0v) is 60.4. The van der Waals surface area contributed by atoms with Gasteiger partial charge in [0.2, 0.25) is 0 Å². The van der Waals surface area contributed by atoms with Gasteiger partial charge in [-0.25, -0.2) is 28.8 Å². The van der Waals surface area contributed by atoms with Gasteiger partial charge >= 0.3 is 133 Å². The number of ether oxygens (including phenoxy) is 6. The van der Waals surface area contributed by atoms with Crippen molar-refractivity contribution in [2.75, 3.05) is 124 Å². The first-order valence-corrected chi connectivity index (χ1v) is 36.3. The molecule has 0 unspecified atom stereocenters. The van der Waals surface area contributed by atoms with Crippen molar-refractivity contribution in [3.05, 3.63) is 144 Å². The average molecular weight is 1570 g/mol. The molecule has 0 atom stereocenters. The summed E-state index contributed by atoms with van der Waals surface area (Å²) in [6.45, 7) is -5.86. The first-order chi connectivity index (χ1) is 47.4. The maximum absolute atomic E-state index is 16.3. The van der Waals surface area contributed by atoms with Gasteiger partial charge in [-0.1, -0.05) is 0 Å². The summed E-state index contributed by atoms with van der Waals surface area (Å²) in [7, 11) is -36.0. The van der Waals surface area contributed by atoms with E-state index in [0.717, 1.165) is 65.9 Å². The number of carbonyl (C=O) groups is 6. The third-order valence-electron chi connectivity index (χ3n) is 14.5. The fourth-order valence-electron chi connectivity index (χ4n) is 9.99. The van der Waals surface area contributed by atoms with Gasteiger partial charge in [-0.2, -0.15) is 75.6 Å². The molecule has 0 bridgehead atoms. The Labute approximate surface area is 585 Å². The maximum Gasteiger partial charge on any atom is 0.403 e. The molecule has 564 valence electrons. The standard InChI is InChI=1S/C54H66N6O36S6/c1-55-25-13-19-37(31-55)43(61)85-49(91-97(67,68)79-7)50(92-98(69,70)80-8,86-44(62)38-20-14-26-56(2)32-38)52(94-100(73,74)82-10,88-46(64)40-22-16-28-58(4)34-40)54(96-102(77,78)84-12,90-48(66)42-24-18-30-60(6)36-42)53(95-101(75,76)83-11,89-47(65)41-23-17-29-59(5)35-41)51(49,93-99(71,72)81-9)87-45(63)39-21-15-27-57(3)33-39/h13-30H,31-36H2,1-12H3/t49-,50-,51-,52+,53?,54?/m0/s1. The molecule has 48 heteroatoms. The lowest BCUT2D eigenvalue weighted by Crippen LogP contribution is -3.01. The number of hydrogen-bond donors (Lipinski definition) is 0. The molecule has 0 aromatic heterocycles. The smallest absolute Gasteiger partial charge is 0.403 e. The zero-order valence-electron chi connectivity index (χ0n) is 55.5. The van der Waals surface area contributed by atoms with Crippen molar-refractivity contribution in [2.24, 2.45) is 0 Å². The van der Waals surface area contributed by atoms with Crippen LogP contribution in [0.25, 0.3) is 0 Å². The number of nitrogens with zero attached hydrogens (tertiary/aromatic N) is 6. The van der Waals surface area contributed by atoms with E-state index < -0.39 is 206 Å². The maximum atomic E-state index is 16.3.